The summed E-state index contributed by atoms with van der Waals surface area (Å²) < 4.78 is 0.896. The van der Waals surface area contributed by atoms with Gasteiger partial charge in [0.25, 0.3) is 0 Å². The van der Waals surface area contributed by atoms with Crippen LogP contribution in [-0.4, -0.2) is 20.3 Å². The van der Waals surface area contributed by atoms with Crippen LogP contribution in [0.2, 0.25) is 0 Å². The third kappa shape index (κ3) is 2.41. The fourth-order valence-corrected chi connectivity index (χ4v) is 3.81. The molecule has 0 aliphatic carbocycles. The van der Waals surface area contributed by atoms with Crippen molar-refractivity contribution < 1.29 is 5.11 Å². The van der Waals surface area contributed by atoms with Crippen molar-refractivity contribution in [3.05, 3.63) is 35.0 Å². The number of aromatic nitrogens is 3. The fourth-order valence-electron chi connectivity index (χ4n) is 1.82. The molecule has 2 heterocycles. The Balaban J connectivity index is 2.15. The second-order valence-corrected chi connectivity index (χ2v) is 6.59. The molecule has 1 N–H and O–H groups in total. The number of aryl methyl sites for hydroxylation is 2. The Morgan fingerprint density at radius 3 is 2.79 bits per heavy atom. The first-order valence-corrected chi connectivity index (χ1v) is 7.34. The van der Waals surface area contributed by atoms with Gasteiger partial charge in [-0.15, -0.1) is 10.2 Å². The number of aromatic hydroxyl groups is 1. The van der Waals surface area contributed by atoms with Crippen molar-refractivity contribution in [1.82, 2.24) is 15.2 Å². The normalized spacial score (nSPS) is 11.1. The van der Waals surface area contributed by atoms with Crippen LogP contribution >= 0.6 is 23.1 Å². The number of pyridine rings is 1. The smallest absolute Gasteiger partial charge is 0.179 e. The molecule has 19 heavy (non-hydrogen) atoms. The number of rotatable bonds is 2. The first-order chi connectivity index (χ1) is 9.13. The van der Waals surface area contributed by atoms with Crippen LogP contribution in [0.15, 0.2) is 33.5 Å². The van der Waals surface area contributed by atoms with Gasteiger partial charge in [0.05, 0.1) is 0 Å². The van der Waals surface area contributed by atoms with E-state index >= 15 is 0 Å². The van der Waals surface area contributed by atoms with Gasteiger partial charge in [-0.3, -0.25) is 0 Å². The second-order valence-electron chi connectivity index (χ2n) is 4.12. The molecule has 3 aromatic rings. The van der Waals surface area contributed by atoms with E-state index in [0.29, 0.717) is 5.52 Å². The molecule has 0 unspecified atom stereocenters. The summed E-state index contributed by atoms with van der Waals surface area (Å²) in [6.45, 7) is 3.85. The van der Waals surface area contributed by atoms with Crippen molar-refractivity contribution in [2.24, 2.45) is 0 Å². The highest BCUT2D eigenvalue weighted by Gasteiger charge is 2.10. The van der Waals surface area contributed by atoms with Crippen molar-refractivity contribution in [2.75, 3.05) is 0 Å². The van der Waals surface area contributed by atoms with Crippen LogP contribution in [0.25, 0.3) is 10.9 Å². The Labute approximate surface area is 118 Å². The average Bonchev–Trinajstić information content (AvgIpc) is 2.76. The molecule has 0 spiro atoms. The first kappa shape index (κ1) is 12.4. The van der Waals surface area contributed by atoms with E-state index in [1.807, 2.05) is 32.0 Å². The van der Waals surface area contributed by atoms with E-state index in [1.165, 1.54) is 0 Å². The number of phenols is 1. The maximum Gasteiger partial charge on any atom is 0.179 e. The number of fused-ring (bicyclic) bond motifs is 1. The van der Waals surface area contributed by atoms with Crippen molar-refractivity contribution in [3.63, 3.8) is 0 Å². The highest BCUT2D eigenvalue weighted by atomic mass is 32.2. The number of nitrogens with zero attached hydrogens (tertiary/aromatic N) is 3. The molecule has 0 saturated carbocycles. The van der Waals surface area contributed by atoms with Crippen molar-refractivity contribution in [2.45, 2.75) is 23.1 Å². The lowest BCUT2D eigenvalue weighted by atomic mass is 10.2. The predicted octanol–water partition coefficient (Wildman–Crippen LogP) is 3.56. The van der Waals surface area contributed by atoms with Crippen LogP contribution < -0.4 is 0 Å². The summed E-state index contributed by atoms with van der Waals surface area (Å²) in [6, 6.07) is 7.43. The van der Waals surface area contributed by atoms with E-state index < -0.39 is 0 Å². The molecule has 3 rings (SSSR count). The summed E-state index contributed by atoms with van der Waals surface area (Å²) in [5.41, 5.74) is 1.50. The molecule has 4 nitrogen and oxygen atoms in total. The Bertz CT molecular complexity index is 755. The number of phenolic OH excluding ortho intramolecular Hbond substituents is 1. The topological polar surface area (TPSA) is 58.9 Å². The Morgan fingerprint density at radius 2 is 2.05 bits per heavy atom. The second kappa shape index (κ2) is 4.79. The molecule has 0 bridgehead atoms. The van der Waals surface area contributed by atoms with Gasteiger partial charge in [0.15, 0.2) is 4.34 Å². The highest BCUT2D eigenvalue weighted by molar-refractivity contribution is 8.01. The zero-order chi connectivity index (χ0) is 13.4. The minimum atomic E-state index is 0.205. The van der Waals surface area contributed by atoms with Crippen molar-refractivity contribution in [1.29, 1.82) is 0 Å². The van der Waals surface area contributed by atoms with Gasteiger partial charge in [-0.2, -0.15) is 0 Å². The van der Waals surface area contributed by atoms with Gasteiger partial charge in [-0.25, -0.2) is 4.98 Å². The Kier molecular flexibility index (Phi) is 3.12. The number of hydrogen-bond donors (Lipinski definition) is 1. The molecule has 0 saturated heterocycles. The zero-order valence-corrected chi connectivity index (χ0v) is 12.0. The van der Waals surface area contributed by atoms with Crippen LogP contribution in [-0.2, 0) is 0 Å². The van der Waals surface area contributed by atoms with E-state index in [4.69, 9.17) is 0 Å². The zero-order valence-electron chi connectivity index (χ0n) is 10.4. The van der Waals surface area contributed by atoms with Gasteiger partial charge in [0.2, 0.25) is 0 Å². The van der Waals surface area contributed by atoms with Gasteiger partial charge in [0, 0.05) is 16.0 Å². The molecular weight excluding hydrogens is 278 g/mol. The van der Waals surface area contributed by atoms with E-state index in [1.54, 1.807) is 29.2 Å². The van der Waals surface area contributed by atoms with Crippen LogP contribution in [0, 0.1) is 13.8 Å². The number of benzene rings is 1. The highest BCUT2D eigenvalue weighted by Crippen LogP contribution is 2.36. The lowest BCUT2D eigenvalue weighted by Gasteiger charge is -2.06. The predicted molar refractivity (Wildman–Crippen MR) is 76.9 cm³/mol. The lowest BCUT2D eigenvalue weighted by Crippen LogP contribution is -1.87. The van der Waals surface area contributed by atoms with E-state index in [9.17, 15) is 5.11 Å². The molecule has 0 radical (unpaired) electrons. The quantitative estimate of drug-likeness (QED) is 0.781. The summed E-state index contributed by atoms with van der Waals surface area (Å²) in [4.78, 5) is 5.42. The maximum absolute atomic E-state index is 9.89. The van der Waals surface area contributed by atoms with Crippen LogP contribution in [0.3, 0.4) is 0 Å². The minimum absolute atomic E-state index is 0.205. The van der Waals surface area contributed by atoms with Gasteiger partial charge >= 0.3 is 0 Å². The van der Waals surface area contributed by atoms with E-state index in [2.05, 4.69) is 15.2 Å². The van der Waals surface area contributed by atoms with Gasteiger partial charge < -0.3 is 5.11 Å². The molecule has 2 aromatic heterocycles. The van der Waals surface area contributed by atoms with Crippen LogP contribution in [0.1, 0.15) is 10.7 Å². The third-order valence-corrected chi connectivity index (χ3v) is 4.56. The van der Waals surface area contributed by atoms with Crippen molar-refractivity contribution in [3.8, 4) is 5.75 Å². The number of para-hydroxylation sites is 1. The Hall–Kier alpha value is -1.66. The molecule has 1 aromatic carbocycles. The molecule has 0 aliphatic rings. The summed E-state index contributed by atoms with van der Waals surface area (Å²) >= 11 is 3.11. The molecule has 6 heteroatoms. The summed E-state index contributed by atoms with van der Waals surface area (Å²) in [7, 11) is 0. The monoisotopic (exact) mass is 289 g/mol. The van der Waals surface area contributed by atoms with Gasteiger partial charge in [-0.1, -0.05) is 35.2 Å². The molecule has 0 amide bonds. The van der Waals surface area contributed by atoms with Gasteiger partial charge in [0.1, 0.15) is 16.3 Å². The van der Waals surface area contributed by atoms with Gasteiger partial charge in [-0.05, 0) is 26.0 Å². The molecule has 0 atom stereocenters. The van der Waals surface area contributed by atoms with Crippen LogP contribution in [0.4, 0.5) is 0 Å². The summed E-state index contributed by atoms with van der Waals surface area (Å²) in [5.74, 6) is 0.205. The van der Waals surface area contributed by atoms with Crippen LogP contribution in [0.5, 0.6) is 5.75 Å². The lowest BCUT2D eigenvalue weighted by molar-refractivity contribution is 0.480. The van der Waals surface area contributed by atoms with Crippen molar-refractivity contribution >= 4 is 34.0 Å². The van der Waals surface area contributed by atoms with E-state index in [-0.39, 0.29) is 5.75 Å². The fraction of sp³-hybridized carbons (Fsp3) is 0.154. The molecular formula is C13H11N3OS2. The SMILES string of the molecule is Cc1cc(Sc2nnc(C)s2)c2cccc(O)c2n1. The molecule has 0 fully saturated rings. The standard InChI is InChI=1S/C13H11N3OS2/c1-7-6-11(19-13-16-15-8(2)18-13)9-4-3-5-10(17)12(9)14-7/h3-6,17H,1-2H3. The third-order valence-electron chi connectivity index (χ3n) is 2.61. The maximum atomic E-state index is 9.89. The Morgan fingerprint density at radius 1 is 1.21 bits per heavy atom. The molecule has 0 aliphatic heterocycles. The largest absolute Gasteiger partial charge is 0.506 e. The van der Waals surface area contributed by atoms with E-state index in [0.717, 1.165) is 25.3 Å². The summed E-state index contributed by atoms with van der Waals surface area (Å²) in [5, 5.41) is 19.9. The average molecular weight is 289 g/mol. The minimum Gasteiger partial charge on any atom is -0.506 e. The molecule has 96 valence electrons. The summed E-state index contributed by atoms with van der Waals surface area (Å²) in [6.07, 6.45) is 0. The number of hydrogen-bond acceptors (Lipinski definition) is 6. The first-order valence-electron chi connectivity index (χ1n) is 5.71.